The van der Waals surface area contributed by atoms with E-state index in [1.54, 1.807) is 26.3 Å². The number of hydrogen-bond donors (Lipinski definition) is 0. The van der Waals surface area contributed by atoms with Crippen molar-refractivity contribution in [2.45, 2.75) is 13.0 Å². The second-order valence-corrected chi connectivity index (χ2v) is 5.39. The third kappa shape index (κ3) is 3.98. The molecule has 116 valence electrons. The average Bonchev–Trinajstić information content (AvgIpc) is 2.51. The van der Waals surface area contributed by atoms with Crippen LogP contribution in [0.15, 0.2) is 42.5 Å². The van der Waals surface area contributed by atoms with E-state index in [1.165, 1.54) is 11.0 Å². The van der Waals surface area contributed by atoms with Gasteiger partial charge in [0.2, 0.25) is 5.91 Å². The van der Waals surface area contributed by atoms with Crippen molar-refractivity contribution in [2.24, 2.45) is 0 Å². The van der Waals surface area contributed by atoms with Gasteiger partial charge in [-0.2, -0.15) is 0 Å². The number of halogens is 2. The Bertz CT molecular complexity index is 655. The minimum Gasteiger partial charge on any atom is -0.497 e. The minimum atomic E-state index is -0.409. The van der Waals surface area contributed by atoms with Gasteiger partial charge in [0.1, 0.15) is 11.6 Å². The molecule has 0 saturated carbocycles. The summed E-state index contributed by atoms with van der Waals surface area (Å²) in [5.74, 6) is 0.172. The molecule has 2 aromatic carbocycles. The minimum absolute atomic E-state index is 0.118. The number of carbonyl (C=O) groups is 1. The van der Waals surface area contributed by atoms with Gasteiger partial charge in [-0.1, -0.05) is 29.8 Å². The molecule has 0 aliphatic rings. The molecule has 3 nitrogen and oxygen atoms in total. The van der Waals surface area contributed by atoms with Crippen LogP contribution in [0.3, 0.4) is 0 Å². The average molecular weight is 322 g/mol. The first-order valence-corrected chi connectivity index (χ1v) is 7.19. The highest BCUT2D eigenvalue weighted by Crippen LogP contribution is 2.21. The third-order valence-corrected chi connectivity index (χ3v) is 3.73. The number of methoxy groups -OCH3 is 1. The Morgan fingerprint density at radius 3 is 2.68 bits per heavy atom. The summed E-state index contributed by atoms with van der Waals surface area (Å²) in [5.41, 5.74) is 1.17. The first-order chi connectivity index (χ1) is 10.5. The molecule has 0 N–H and O–H groups in total. The molecule has 2 rings (SSSR count). The quantitative estimate of drug-likeness (QED) is 0.840. The molecule has 0 unspecified atom stereocenters. The summed E-state index contributed by atoms with van der Waals surface area (Å²) >= 11 is 5.98. The van der Waals surface area contributed by atoms with Gasteiger partial charge in [-0.05, 0) is 29.8 Å². The predicted molar refractivity (Wildman–Crippen MR) is 84.6 cm³/mol. The second kappa shape index (κ2) is 7.27. The summed E-state index contributed by atoms with van der Waals surface area (Å²) in [7, 11) is 3.21. The highest BCUT2D eigenvalue weighted by Gasteiger charge is 2.15. The van der Waals surface area contributed by atoms with Gasteiger partial charge in [0.25, 0.3) is 0 Å². The molecule has 1 amide bonds. The molecular formula is C17H17ClFNO2. The number of likely N-dealkylation sites (N-methyl/N-ethyl adjacent to an activating group) is 1. The molecule has 0 aromatic heterocycles. The molecule has 0 fully saturated rings. The molecule has 0 aliphatic heterocycles. The van der Waals surface area contributed by atoms with Crippen molar-refractivity contribution >= 4 is 17.5 Å². The molecule has 0 aliphatic carbocycles. The molecule has 0 heterocycles. The van der Waals surface area contributed by atoms with E-state index >= 15 is 0 Å². The van der Waals surface area contributed by atoms with Gasteiger partial charge < -0.3 is 9.64 Å². The van der Waals surface area contributed by atoms with Gasteiger partial charge in [0.15, 0.2) is 0 Å². The van der Waals surface area contributed by atoms with E-state index < -0.39 is 5.82 Å². The van der Waals surface area contributed by atoms with Crippen molar-refractivity contribution in [1.82, 2.24) is 4.90 Å². The Labute approximate surface area is 134 Å². The summed E-state index contributed by atoms with van der Waals surface area (Å²) in [6, 6.07) is 11.8. The molecule has 0 bridgehead atoms. The molecule has 22 heavy (non-hydrogen) atoms. The van der Waals surface area contributed by atoms with Gasteiger partial charge in [-0.3, -0.25) is 4.79 Å². The van der Waals surface area contributed by atoms with Crippen LogP contribution in [0.1, 0.15) is 11.1 Å². The number of rotatable bonds is 5. The number of hydrogen-bond acceptors (Lipinski definition) is 2. The first-order valence-electron chi connectivity index (χ1n) is 6.81. The van der Waals surface area contributed by atoms with E-state index in [-0.39, 0.29) is 18.9 Å². The Kier molecular flexibility index (Phi) is 5.39. The van der Waals surface area contributed by atoms with E-state index in [9.17, 15) is 9.18 Å². The fraction of sp³-hybridized carbons (Fsp3) is 0.235. The fourth-order valence-electron chi connectivity index (χ4n) is 2.10. The van der Waals surface area contributed by atoms with Crippen molar-refractivity contribution in [1.29, 1.82) is 0 Å². The number of nitrogens with zero attached hydrogens (tertiary/aromatic N) is 1. The lowest BCUT2D eigenvalue weighted by Crippen LogP contribution is -2.28. The molecule has 0 spiro atoms. The lowest BCUT2D eigenvalue weighted by atomic mass is 10.1. The molecule has 0 atom stereocenters. The smallest absolute Gasteiger partial charge is 0.227 e. The summed E-state index contributed by atoms with van der Waals surface area (Å²) in [4.78, 5) is 13.7. The zero-order chi connectivity index (χ0) is 16.1. The molecule has 2 aromatic rings. The second-order valence-electron chi connectivity index (χ2n) is 4.98. The van der Waals surface area contributed by atoms with Crippen molar-refractivity contribution < 1.29 is 13.9 Å². The Hall–Kier alpha value is -2.07. The third-order valence-electron chi connectivity index (χ3n) is 3.37. The summed E-state index contributed by atoms with van der Waals surface area (Å²) in [6.45, 7) is 0.133. The Morgan fingerprint density at radius 1 is 1.27 bits per heavy atom. The van der Waals surface area contributed by atoms with Crippen molar-refractivity contribution in [3.8, 4) is 5.75 Å². The first kappa shape index (κ1) is 16.3. The summed E-state index contributed by atoms with van der Waals surface area (Å²) < 4.78 is 18.9. The van der Waals surface area contributed by atoms with E-state index in [1.807, 2.05) is 24.3 Å². The normalized spacial score (nSPS) is 10.4. The molecule has 0 saturated heterocycles. The van der Waals surface area contributed by atoms with Crippen LogP contribution in [-0.2, 0) is 17.8 Å². The van der Waals surface area contributed by atoms with Crippen molar-refractivity contribution in [2.75, 3.05) is 14.2 Å². The van der Waals surface area contributed by atoms with Crippen LogP contribution >= 0.6 is 11.6 Å². The number of carbonyl (C=O) groups excluding carboxylic acids is 1. The Balaban J connectivity index is 2.06. The highest BCUT2D eigenvalue weighted by atomic mass is 35.5. The van der Waals surface area contributed by atoms with Crippen LogP contribution in [0, 0.1) is 5.82 Å². The van der Waals surface area contributed by atoms with Gasteiger partial charge in [0.05, 0.1) is 13.5 Å². The van der Waals surface area contributed by atoms with Crippen molar-refractivity contribution in [3.63, 3.8) is 0 Å². The summed E-state index contributed by atoms with van der Waals surface area (Å²) in [5, 5.41) is 0.320. The maximum absolute atomic E-state index is 13.8. The number of ether oxygens (including phenoxy) is 1. The number of benzene rings is 2. The monoisotopic (exact) mass is 321 g/mol. The Morgan fingerprint density at radius 2 is 2.00 bits per heavy atom. The molecule has 0 radical (unpaired) electrons. The predicted octanol–water partition coefficient (Wildman–Crippen LogP) is 3.69. The van der Waals surface area contributed by atoms with Crippen LogP contribution < -0.4 is 4.74 Å². The fourth-order valence-corrected chi connectivity index (χ4v) is 2.32. The van der Waals surface area contributed by atoms with Gasteiger partial charge in [-0.15, -0.1) is 0 Å². The summed E-state index contributed by atoms with van der Waals surface area (Å²) in [6.07, 6.45) is 0.222. The molecule has 5 heteroatoms. The standard InChI is InChI=1S/C17H17ClFNO2/c1-20(11-14-15(18)7-4-8-16(14)19)17(21)10-12-5-3-6-13(9-12)22-2/h3-9H,10-11H2,1-2H3. The van der Waals surface area contributed by atoms with E-state index in [2.05, 4.69) is 0 Å². The van der Waals surface area contributed by atoms with Crippen LogP contribution in [0.5, 0.6) is 5.75 Å². The van der Waals surface area contributed by atoms with Gasteiger partial charge >= 0.3 is 0 Å². The van der Waals surface area contributed by atoms with Gasteiger partial charge in [-0.25, -0.2) is 4.39 Å². The van der Waals surface area contributed by atoms with Crippen LogP contribution in [0.4, 0.5) is 4.39 Å². The van der Waals surface area contributed by atoms with Crippen molar-refractivity contribution in [3.05, 3.63) is 64.4 Å². The lowest BCUT2D eigenvalue weighted by Gasteiger charge is -2.18. The highest BCUT2D eigenvalue weighted by molar-refractivity contribution is 6.31. The largest absolute Gasteiger partial charge is 0.497 e. The van der Waals surface area contributed by atoms with Crippen LogP contribution in [0.2, 0.25) is 5.02 Å². The van der Waals surface area contributed by atoms with Crippen LogP contribution in [-0.4, -0.2) is 25.0 Å². The van der Waals surface area contributed by atoms with E-state index in [0.29, 0.717) is 16.3 Å². The zero-order valence-electron chi connectivity index (χ0n) is 12.5. The zero-order valence-corrected chi connectivity index (χ0v) is 13.2. The maximum atomic E-state index is 13.8. The SMILES string of the molecule is COc1cccc(CC(=O)N(C)Cc2c(F)cccc2Cl)c1. The topological polar surface area (TPSA) is 29.5 Å². The van der Waals surface area contributed by atoms with E-state index in [4.69, 9.17) is 16.3 Å². The van der Waals surface area contributed by atoms with Gasteiger partial charge in [0, 0.05) is 24.2 Å². The lowest BCUT2D eigenvalue weighted by molar-refractivity contribution is -0.129. The molecular weight excluding hydrogens is 305 g/mol. The van der Waals surface area contributed by atoms with E-state index in [0.717, 1.165) is 5.56 Å². The van der Waals surface area contributed by atoms with Crippen LogP contribution in [0.25, 0.3) is 0 Å². The number of amides is 1. The maximum Gasteiger partial charge on any atom is 0.227 e.